The molecule has 16 heavy (non-hydrogen) atoms. The van der Waals surface area contributed by atoms with E-state index in [-0.39, 0.29) is 9.13 Å². The Labute approximate surface area is 107 Å². The van der Waals surface area contributed by atoms with E-state index >= 15 is 0 Å². The van der Waals surface area contributed by atoms with Gasteiger partial charge in [-0.15, -0.1) is 13.2 Å². The highest BCUT2D eigenvalue weighted by atomic mass is 127. The Bertz CT molecular complexity index is 436. The highest BCUT2D eigenvalue weighted by molar-refractivity contribution is 14.1. The van der Waals surface area contributed by atoms with Crippen molar-refractivity contribution in [1.82, 2.24) is 4.98 Å². The van der Waals surface area contributed by atoms with Gasteiger partial charge in [0.15, 0.2) is 0 Å². The van der Waals surface area contributed by atoms with E-state index in [0.717, 1.165) is 0 Å². The van der Waals surface area contributed by atoms with Crippen LogP contribution in [0.4, 0.5) is 13.2 Å². The highest BCUT2D eigenvalue weighted by Gasteiger charge is 2.34. The first kappa shape index (κ1) is 13.5. The molecule has 0 saturated carbocycles. The minimum atomic E-state index is -4.91. The van der Waals surface area contributed by atoms with Crippen molar-refractivity contribution in [2.75, 3.05) is 0 Å². The second-order valence-electron chi connectivity index (χ2n) is 2.75. The number of rotatable bonds is 2. The molecular formula is C8H4ClF3INO2. The predicted molar refractivity (Wildman–Crippen MR) is 58.6 cm³/mol. The lowest BCUT2D eigenvalue weighted by Gasteiger charge is -2.11. The van der Waals surface area contributed by atoms with Crippen LogP contribution < -0.4 is 4.74 Å². The van der Waals surface area contributed by atoms with Crippen LogP contribution in [0.2, 0.25) is 0 Å². The molecule has 0 aliphatic carbocycles. The summed E-state index contributed by atoms with van der Waals surface area (Å²) in [5, 5.41) is -1.05. The minimum Gasteiger partial charge on any atom is -0.387 e. The van der Waals surface area contributed by atoms with Gasteiger partial charge in [0.2, 0.25) is 5.88 Å². The van der Waals surface area contributed by atoms with E-state index in [1.54, 1.807) is 22.6 Å². The van der Waals surface area contributed by atoms with E-state index in [4.69, 9.17) is 11.6 Å². The third kappa shape index (κ3) is 3.48. The summed E-state index contributed by atoms with van der Waals surface area (Å²) in [6, 6.07) is 1.43. The number of halogens is 5. The summed E-state index contributed by atoms with van der Waals surface area (Å²) in [5.74, 6) is -0.822. The zero-order valence-electron chi connectivity index (χ0n) is 7.73. The van der Waals surface area contributed by atoms with Crippen LogP contribution in [0, 0.1) is 10.5 Å². The Balaban J connectivity index is 3.30. The number of pyridine rings is 1. The summed E-state index contributed by atoms with van der Waals surface area (Å²) in [6.45, 7) is 1.48. The Morgan fingerprint density at radius 2 is 2.12 bits per heavy atom. The predicted octanol–water partition coefficient (Wildman–Crippen LogP) is 3.27. The standard InChI is InChI=1S/C8H4ClF3INO2/c1-3-2-4(13)5(6(9)15)7(14-3)16-8(10,11)12/h2H,1H3. The number of ether oxygens (including phenoxy) is 1. The summed E-state index contributed by atoms with van der Waals surface area (Å²) >= 11 is 6.85. The van der Waals surface area contributed by atoms with Crippen LogP contribution in [0.25, 0.3) is 0 Å². The van der Waals surface area contributed by atoms with E-state index in [9.17, 15) is 18.0 Å². The molecule has 0 aliphatic rings. The number of carbonyl (C=O) groups excluding carboxylic acids is 1. The molecule has 0 radical (unpaired) electrons. The van der Waals surface area contributed by atoms with Gasteiger partial charge in [-0.2, -0.15) is 0 Å². The number of hydrogen-bond acceptors (Lipinski definition) is 3. The number of aromatic nitrogens is 1. The molecule has 3 nitrogen and oxygen atoms in total. The molecule has 1 rings (SSSR count). The first-order valence-corrected chi connectivity index (χ1v) is 5.29. The maximum absolute atomic E-state index is 12.0. The van der Waals surface area contributed by atoms with Crippen molar-refractivity contribution >= 4 is 39.4 Å². The third-order valence-electron chi connectivity index (χ3n) is 1.48. The van der Waals surface area contributed by atoms with Crippen LogP contribution >= 0.6 is 34.2 Å². The van der Waals surface area contributed by atoms with Crippen molar-refractivity contribution in [2.45, 2.75) is 13.3 Å². The van der Waals surface area contributed by atoms with Crippen LogP contribution in [-0.2, 0) is 0 Å². The Morgan fingerprint density at radius 3 is 2.56 bits per heavy atom. The molecule has 0 spiro atoms. The summed E-state index contributed by atoms with van der Waals surface area (Å²) in [7, 11) is 0. The van der Waals surface area contributed by atoms with Crippen LogP contribution in [0.3, 0.4) is 0 Å². The first-order chi connectivity index (χ1) is 7.20. The maximum Gasteiger partial charge on any atom is 0.574 e. The third-order valence-corrected chi connectivity index (χ3v) is 2.51. The quantitative estimate of drug-likeness (QED) is 0.596. The molecule has 0 aliphatic heterocycles. The molecule has 0 bridgehead atoms. The highest BCUT2D eigenvalue weighted by Crippen LogP contribution is 2.29. The van der Waals surface area contributed by atoms with E-state index < -0.39 is 17.5 Å². The largest absolute Gasteiger partial charge is 0.574 e. The molecule has 0 atom stereocenters. The summed E-state index contributed by atoms with van der Waals surface area (Å²) in [4.78, 5) is 14.4. The average Bonchev–Trinajstić information content (AvgIpc) is 1.96. The van der Waals surface area contributed by atoms with Crippen molar-refractivity contribution in [3.63, 3.8) is 0 Å². The van der Waals surface area contributed by atoms with E-state index in [0.29, 0.717) is 5.69 Å². The number of alkyl halides is 3. The van der Waals surface area contributed by atoms with Gasteiger partial charge in [0.1, 0.15) is 5.56 Å². The van der Waals surface area contributed by atoms with Crippen LogP contribution in [-0.4, -0.2) is 16.6 Å². The van der Waals surface area contributed by atoms with Crippen molar-refractivity contribution in [1.29, 1.82) is 0 Å². The van der Waals surface area contributed by atoms with E-state index in [1.807, 2.05) is 0 Å². The van der Waals surface area contributed by atoms with Crippen LogP contribution in [0.5, 0.6) is 5.88 Å². The average molecular weight is 365 g/mol. The topological polar surface area (TPSA) is 39.2 Å². The summed E-state index contributed by atoms with van der Waals surface area (Å²) in [6.07, 6.45) is -4.91. The van der Waals surface area contributed by atoms with Gasteiger partial charge in [0.25, 0.3) is 5.24 Å². The molecule has 0 fully saturated rings. The Morgan fingerprint density at radius 1 is 1.56 bits per heavy atom. The zero-order chi connectivity index (χ0) is 12.5. The molecule has 88 valence electrons. The monoisotopic (exact) mass is 365 g/mol. The fraction of sp³-hybridized carbons (Fsp3) is 0.250. The van der Waals surface area contributed by atoms with E-state index in [2.05, 4.69) is 9.72 Å². The van der Waals surface area contributed by atoms with Gasteiger partial charge < -0.3 is 4.74 Å². The molecule has 0 unspecified atom stereocenters. The Hall–Kier alpha value is -0.570. The van der Waals surface area contributed by atoms with Gasteiger partial charge in [-0.25, -0.2) is 4.98 Å². The van der Waals surface area contributed by atoms with Crippen molar-refractivity contribution in [3.05, 3.63) is 20.9 Å². The van der Waals surface area contributed by atoms with E-state index in [1.165, 1.54) is 13.0 Å². The smallest absolute Gasteiger partial charge is 0.387 e. The van der Waals surface area contributed by atoms with Gasteiger partial charge in [-0.05, 0) is 47.2 Å². The van der Waals surface area contributed by atoms with Crippen molar-refractivity contribution in [2.24, 2.45) is 0 Å². The molecular weight excluding hydrogens is 361 g/mol. The summed E-state index contributed by atoms with van der Waals surface area (Å²) < 4.78 is 40.0. The molecule has 0 amide bonds. The maximum atomic E-state index is 12.0. The molecule has 1 aromatic rings. The number of hydrogen-bond donors (Lipinski definition) is 0. The molecule has 0 aromatic carbocycles. The van der Waals surface area contributed by atoms with Crippen molar-refractivity contribution in [3.8, 4) is 5.88 Å². The fourth-order valence-electron chi connectivity index (χ4n) is 0.967. The van der Waals surface area contributed by atoms with Gasteiger partial charge >= 0.3 is 6.36 Å². The second kappa shape index (κ2) is 4.74. The molecule has 8 heteroatoms. The Kier molecular flexibility index (Phi) is 4.00. The molecule has 1 aromatic heterocycles. The number of aryl methyl sites for hydroxylation is 1. The minimum absolute atomic E-state index is 0.254. The SMILES string of the molecule is Cc1cc(I)c(C(=O)Cl)c(OC(F)(F)F)n1. The lowest BCUT2D eigenvalue weighted by molar-refractivity contribution is -0.276. The fourth-order valence-corrected chi connectivity index (χ4v) is 2.24. The van der Waals surface area contributed by atoms with Gasteiger partial charge in [0.05, 0.1) is 0 Å². The van der Waals surface area contributed by atoms with Gasteiger partial charge in [-0.1, -0.05) is 0 Å². The number of carbonyl (C=O) groups is 1. The first-order valence-electron chi connectivity index (χ1n) is 3.83. The lowest BCUT2D eigenvalue weighted by Crippen LogP contribution is -2.20. The molecule has 0 N–H and O–H groups in total. The van der Waals surface area contributed by atoms with Crippen LogP contribution in [0.15, 0.2) is 6.07 Å². The molecule has 0 saturated heterocycles. The van der Waals surface area contributed by atoms with Crippen molar-refractivity contribution < 1.29 is 22.7 Å². The lowest BCUT2D eigenvalue weighted by atomic mass is 10.2. The van der Waals surface area contributed by atoms with Gasteiger partial charge in [0, 0.05) is 9.26 Å². The van der Waals surface area contributed by atoms with Crippen LogP contribution in [0.1, 0.15) is 16.1 Å². The summed E-state index contributed by atoms with van der Waals surface area (Å²) in [5.41, 5.74) is -0.0875. The zero-order valence-corrected chi connectivity index (χ0v) is 10.6. The number of nitrogens with zero attached hydrogens (tertiary/aromatic N) is 1. The molecule has 1 heterocycles. The normalized spacial score (nSPS) is 11.4. The van der Waals surface area contributed by atoms with Gasteiger partial charge in [-0.3, -0.25) is 4.79 Å². The second-order valence-corrected chi connectivity index (χ2v) is 4.25.